The molecule has 2 aromatic rings. The number of sulfonamides is 1. The fourth-order valence-corrected chi connectivity index (χ4v) is 5.10. The van der Waals surface area contributed by atoms with Crippen LogP contribution in [0.4, 0.5) is 0 Å². The van der Waals surface area contributed by atoms with Crippen molar-refractivity contribution in [1.29, 1.82) is 0 Å². The van der Waals surface area contributed by atoms with E-state index in [1.54, 1.807) is 6.92 Å². The Balaban J connectivity index is 1.72. The molecule has 0 spiro atoms. The molecule has 1 aliphatic heterocycles. The number of hydrogen-bond acceptors (Lipinski definition) is 3. The van der Waals surface area contributed by atoms with E-state index in [9.17, 15) is 13.2 Å². The van der Waals surface area contributed by atoms with Gasteiger partial charge in [-0.2, -0.15) is 0 Å². The highest BCUT2D eigenvalue weighted by molar-refractivity contribution is 7.89. The van der Waals surface area contributed by atoms with Crippen LogP contribution in [0, 0.1) is 0 Å². The summed E-state index contributed by atoms with van der Waals surface area (Å²) >= 11 is 5.92. The molecular weight excluding hydrogens is 408 g/mol. The largest absolute Gasteiger partial charge is 0.355 e. The van der Waals surface area contributed by atoms with E-state index in [0.717, 1.165) is 11.1 Å². The number of carbonyl (C=O) groups excluding carboxylic acids is 1. The predicted molar refractivity (Wildman–Crippen MR) is 117 cm³/mol. The maximum atomic E-state index is 13.3. The van der Waals surface area contributed by atoms with Crippen molar-refractivity contribution in [3.8, 4) is 0 Å². The molecule has 1 heterocycles. The zero-order chi connectivity index (χ0) is 20.9. The van der Waals surface area contributed by atoms with Crippen molar-refractivity contribution in [2.24, 2.45) is 0 Å². The van der Waals surface area contributed by atoms with Crippen molar-refractivity contribution in [3.63, 3.8) is 0 Å². The molecule has 5 nitrogen and oxygen atoms in total. The van der Waals surface area contributed by atoms with Crippen molar-refractivity contribution < 1.29 is 13.2 Å². The molecule has 0 radical (unpaired) electrons. The van der Waals surface area contributed by atoms with E-state index in [-0.39, 0.29) is 11.7 Å². The summed E-state index contributed by atoms with van der Waals surface area (Å²) in [5.41, 5.74) is 1.34. The summed E-state index contributed by atoms with van der Waals surface area (Å²) in [6, 6.07) is 17.3. The van der Waals surface area contributed by atoms with Gasteiger partial charge in [0.25, 0.3) is 0 Å². The Morgan fingerprint density at radius 1 is 1.07 bits per heavy atom. The number of benzene rings is 2. The molecule has 1 saturated heterocycles. The fourth-order valence-electron chi connectivity index (χ4n) is 3.87. The van der Waals surface area contributed by atoms with Gasteiger partial charge in [-0.25, -0.2) is 12.7 Å². The highest BCUT2D eigenvalue weighted by Crippen LogP contribution is 2.36. The van der Waals surface area contributed by atoms with E-state index in [1.165, 1.54) is 4.31 Å². The Morgan fingerprint density at radius 2 is 1.69 bits per heavy atom. The van der Waals surface area contributed by atoms with Crippen LogP contribution in [-0.2, 0) is 26.7 Å². The molecule has 1 aliphatic rings. The summed E-state index contributed by atoms with van der Waals surface area (Å²) in [6.07, 6.45) is 1.66. The summed E-state index contributed by atoms with van der Waals surface area (Å²) in [4.78, 5) is 13.3. The van der Waals surface area contributed by atoms with Gasteiger partial charge in [-0.05, 0) is 49.4 Å². The second-order valence-corrected chi connectivity index (χ2v) is 10.1. The molecule has 2 aromatic carbocycles. The molecule has 0 aliphatic carbocycles. The van der Waals surface area contributed by atoms with Crippen LogP contribution < -0.4 is 5.32 Å². The second-order valence-electron chi connectivity index (χ2n) is 7.38. The lowest BCUT2D eigenvalue weighted by Gasteiger charge is -2.40. The SMILES string of the molecule is CCS(=O)(=O)N1CCC(C(=O)NCCc2ccc(Cl)cc2)(c2ccccc2)CC1. The first-order chi connectivity index (χ1) is 13.9. The van der Waals surface area contributed by atoms with Crippen LogP contribution in [0.1, 0.15) is 30.9 Å². The molecule has 7 heteroatoms. The van der Waals surface area contributed by atoms with Gasteiger partial charge in [-0.1, -0.05) is 54.1 Å². The van der Waals surface area contributed by atoms with Crippen LogP contribution in [0.2, 0.25) is 5.02 Å². The number of piperidine rings is 1. The zero-order valence-electron chi connectivity index (χ0n) is 16.6. The van der Waals surface area contributed by atoms with Gasteiger partial charge in [-0.15, -0.1) is 0 Å². The molecule has 1 fully saturated rings. The van der Waals surface area contributed by atoms with Gasteiger partial charge in [0.2, 0.25) is 15.9 Å². The third kappa shape index (κ3) is 5.00. The summed E-state index contributed by atoms with van der Waals surface area (Å²) in [5.74, 6) is 0.0461. The van der Waals surface area contributed by atoms with Crippen molar-refractivity contribution >= 4 is 27.5 Å². The van der Waals surface area contributed by atoms with E-state index in [4.69, 9.17) is 11.6 Å². The molecule has 156 valence electrons. The Morgan fingerprint density at radius 3 is 2.28 bits per heavy atom. The molecule has 0 bridgehead atoms. The van der Waals surface area contributed by atoms with E-state index in [0.29, 0.717) is 43.9 Å². The number of nitrogens with zero attached hydrogens (tertiary/aromatic N) is 1. The highest BCUT2D eigenvalue weighted by Gasteiger charge is 2.44. The Kier molecular flexibility index (Phi) is 6.98. The quantitative estimate of drug-likeness (QED) is 0.726. The van der Waals surface area contributed by atoms with Crippen LogP contribution >= 0.6 is 11.6 Å². The van der Waals surface area contributed by atoms with Gasteiger partial charge >= 0.3 is 0 Å². The zero-order valence-corrected chi connectivity index (χ0v) is 18.2. The van der Waals surface area contributed by atoms with E-state index in [1.807, 2.05) is 54.6 Å². The number of amides is 1. The molecule has 0 atom stereocenters. The number of rotatable bonds is 7. The Bertz CT molecular complexity index is 922. The highest BCUT2D eigenvalue weighted by atomic mass is 35.5. The minimum absolute atomic E-state index is 0.0359. The molecular formula is C22H27ClN2O3S. The second kappa shape index (κ2) is 9.28. The van der Waals surface area contributed by atoms with Crippen LogP contribution in [-0.4, -0.2) is 44.0 Å². The molecule has 1 amide bonds. The van der Waals surface area contributed by atoms with Gasteiger partial charge < -0.3 is 5.32 Å². The first-order valence-corrected chi connectivity index (χ1v) is 11.9. The molecule has 0 unspecified atom stereocenters. The number of carbonyl (C=O) groups is 1. The lowest BCUT2D eigenvalue weighted by molar-refractivity contribution is -0.128. The van der Waals surface area contributed by atoms with Crippen molar-refractivity contribution in [2.45, 2.75) is 31.6 Å². The van der Waals surface area contributed by atoms with Crippen molar-refractivity contribution in [2.75, 3.05) is 25.4 Å². The molecule has 3 rings (SSSR count). The van der Waals surface area contributed by atoms with Gasteiger partial charge in [0.15, 0.2) is 0 Å². The molecule has 29 heavy (non-hydrogen) atoms. The Hall–Kier alpha value is -1.89. The maximum absolute atomic E-state index is 13.3. The summed E-state index contributed by atoms with van der Waals surface area (Å²) in [7, 11) is -3.24. The molecule has 1 N–H and O–H groups in total. The third-order valence-electron chi connectivity index (χ3n) is 5.71. The van der Waals surface area contributed by atoms with Gasteiger partial charge in [-0.3, -0.25) is 4.79 Å². The smallest absolute Gasteiger partial charge is 0.230 e. The third-order valence-corrected chi connectivity index (χ3v) is 7.84. The topological polar surface area (TPSA) is 66.5 Å². The normalized spacial score (nSPS) is 17.0. The van der Waals surface area contributed by atoms with Crippen molar-refractivity contribution in [3.05, 3.63) is 70.7 Å². The Labute approximate surface area is 178 Å². The van der Waals surface area contributed by atoms with Crippen molar-refractivity contribution in [1.82, 2.24) is 9.62 Å². The minimum Gasteiger partial charge on any atom is -0.355 e. The van der Waals surface area contributed by atoms with Gasteiger partial charge in [0.1, 0.15) is 0 Å². The maximum Gasteiger partial charge on any atom is 0.230 e. The summed E-state index contributed by atoms with van der Waals surface area (Å²) in [6.45, 7) is 2.88. The van der Waals surface area contributed by atoms with Crippen LogP contribution in [0.15, 0.2) is 54.6 Å². The lowest BCUT2D eigenvalue weighted by Crippen LogP contribution is -2.53. The average molecular weight is 435 g/mol. The number of hydrogen-bond donors (Lipinski definition) is 1. The molecule has 0 saturated carbocycles. The molecule has 0 aromatic heterocycles. The number of halogens is 1. The predicted octanol–water partition coefficient (Wildman–Crippen LogP) is 3.38. The lowest BCUT2D eigenvalue weighted by atomic mass is 9.72. The fraction of sp³-hybridized carbons (Fsp3) is 0.409. The first-order valence-electron chi connectivity index (χ1n) is 9.93. The minimum atomic E-state index is -3.24. The average Bonchev–Trinajstić information content (AvgIpc) is 2.75. The monoisotopic (exact) mass is 434 g/mol. The van der Waals surface area contributed by atoms with Gasteiger partial charge in [0.05, 0.1) is 11.2 Å². The van der Waals surface area contributed by atoms with Crippen LogP contribution in [0.5, 0.6) is 0 Å². The van der Waals surface area contributed by atoms with E-state index in [2.05, 4.69) is 5.32 Å². The van der Waals surface area contributed by atoms with Crippen LogP contribution in [0.3, 0.4) is 0 Å². The summed E-state index contributed by atoms with van der Waals surface area (Å²) < 4.78 is 26.0. The number of nitrogens with one attached hydrogen (secondary N) is 1. The van der Waals surface area contributed by atoms with E-state index >= 15 is 0 Å². The first kappa shape index (κ1) is 21.8. The summed E-state index contributed by atoms with van der Waals surface area (Å²) in [5, 5.41) is 3.77. The standard InChI is InChI=1S/C22H27ClN2O3S/c1-2-29(27,28)25-16-13-22(14-17-25,19-6-4-3-5-7-19)21(26)24-15-12-18-8-10-20(23)11-9-18/h3-11H,2,12-17H2,1H3,(H,24,26). The van der Waals surface area contributed by atoms with E-state index < -0.39 is 15.4 Å². The van der Waals surface area contributed by atoms with Crippen LogP contribution in [0.25, 0.3) is 0 Å². The van der Waals surface area contributed by atoms with Gasteiger partial charge in [0, 0.05) is 24.7 Å².